The molecule has 0 aromatic heterocycles. The van der Waals surface area contributed by atoms with Gasteiger partial charge in [0, 0.05) is 18.3 Å². The van der Waals surface area contributed by atoms with Gasteiger partial charge >= 0.3 is 0 Å². The molecule has 7 atom stereocenters. The lowest BCUT2D eigenvalue weighted by molar-refractivity contribution is -0.130. The van der Waals surface area contributed by atoms with E-state index in [4.69, 9.17) is 6.42 Å². The first-order valence-electron chi connectivity index (χ1n) is 9.20. The number of hydrogen-bond acceptors (Lipinski definition) is 2. The quantitative estimate of drug-likeness (QED) is 0.694. The standard InChI is InChI=1S/C20H28O2/c1-3-20(22)11-9-18-17-6-4-13-12-14(21)5-7-15(13)16(17)8-10-19(18,20)2/h1,13,15-18,22H,4-12H2,2H3/t13?,15-,16+,17+,18-,19-,20-/m0/s1. The number of Topliss-reactive ketones (excluding diaryl/α,β-unsaturated/α-hetero) is 1. The Hall–Kier alpha value is -0.810. The molecule has 0 saturated heterocycles. The van der Waals surface area contributed by atoms with Gasteiger partial charge in [0.2, 0.25) is 0 Å². The Morgan fingerprint density at radius 3 is 2.68 bits per heavy atom. The van der Waals surface area contributed by atoms with Crippen molar-refractivity contribution in [1.82, 2.24) is 0 Å². The van der Waals surface area contributed by atoms with E-state index in [1.165, 1.54) is 19.3 Å². The zero-order valence-electron chi connectivity index (χ0n) is 13.7. The molecule has 0 amide bonds. The molecule has 4 saturated carbocycles. The molecule has 0 aromatic rings. The molecule has 2 heteroatoms. The van der Waals surface area contributed by atoms with Crippen LogP contribution in [0.25, 0.3) is 0 Å². The third-order valence-electron chi connectivity index (χ3n) is 8.16. The topological polar surface area (TPSA) is 37.3 Å². The first kappa shape index (κ1) is 14.8. The van der Waals surface area contributed by atoms with Crippen LogP contribution in [0.1, 0.15) is 64.7 Å². The van der Waals surface area contributed by atoms with Crippen molar-refractivity contribution in [3.63, 3.8) is 0 Å². The van der Waals surface area contributed by atoms with Gasteiger partial charge in [0.05, 0.1) is 0 Å². The van der Waals surface area contributed by atoms with Gasteiger partial charge in [0.1, 0.15) is 11.4 Å². The minimum atomic E-state index is -0.887. The number of ketones is 1. The first-order valence-corrected chi connectivity index (χ1v) is 9.20. The molecule has 2 nitrogen and oxygen atoms in total. The number of aliphatic hydroxyl groups is 1. The van der Waals surface area contributed by atoms with Gasteiger partial charge < -0.3 is 5.11 Å². The fourth-order valence-corrected chi connectivity index (χ4v) is 6.91. The number of hydrogen-bond donors (Lipinski definition) is 1. The maximum atomic E-state index is 11.8. The average Bonchev–Trinajstić information content (AvgIpc) is 2.79. The molecule has 22 heavy (non-hydrogen) atoms. The van der Waals surface area contributed by atoms with Gasteiger partial charge in [-0.3, -0.25) is 4.79 Å². The normalized spacial score (nSPS) is 54.0. The van der Waals surface area contributed by atoms with Gasteiger partial charge in [-0.05, 0) is 74.5 Å². The lowest BCUT2D eigenvalue weighted by Crippen LogP contribution is -2.53. The number of rotatable bonds is 0. The molecule has 4 aliphatic carbocycles. The molecule has 4 rings (SSSR count). The summed E-state index contributed by atoms with van der Waals surface area (Å²) >= 11 is 0. The van der Waals surface area contributed by atoms with Crippen molar-refractivity contribution in [3.8, 4) is 12.3 Å². The molecule has 4 fully saturated rings. The summed E-state index contributed by atoms with van der Waals surface area (Å²) in [6.07, 6.45) is 15.1. The molecular formula is C20H28O2. The zero-order valence-corrected chi connectivity index (χ0v) is 13.7. The van der Waals surface area contributed by atoms with Gasteiger partial charge in [-0.15, -0.1) is 6.42 Å². The number of terminal acetylenes is 1. The van der Waals surface area contributed by atoms with Crippen LogP contribution in [0.15, 0.2) is 0 Å². The molecule has 0 radical (unpaired) electrons. The predicted molar refractivity (Wildman–Crippen MR) is 85.9 cm³/mol. The van der Waals surface area contributed by atoms with Crippen LogP contribution >= 0.6 is 0 Å². The van der Waals surface area contributed by atoms with E-state index < -0.39 is 5.60 Å². The molecule has 1 unspecified atom stereocenters. The Labute approximate surface area is 134 Å². The van der Waals surface area contributed by atoms with Crippen molar-refractivity contribution in [2.45, 2.75) is 70.3 Å². The SMILES string of the molecule is C#C[C@]1(O)CC[C@H]2[C@@H]3CCC4CC(=O)CC[C@@H]4[C@H]3CC[C@@]21C. The van der Waals surface area contributed by atoms with Gasteiger partial charge in [-0.1, -0.05) is 12.8 Å². The Morgan fingerprint density at radius 1 is 1.09 bits per heavy atom. The molecule has 120 valence electrons. The second-order valence-corrected chi connectivity index (χ2v) is 8.72. The highest BCUT2D eigenvalue weighted by Gasteiger charge is 2.62. The van der Waals surface area contributed by atoms with E-state index in [0.717, 1.165) is 56.3 Å². The van der Waals surface area contributed by atoms with Crippen LogP contribution in [0.3, 0.4) is 0 Å². The van der Waals surface area contributed by atoms with Crippen LogP contribution in [0.4, 0.5) is 0 Å². The average molecular weight is 300 g/mol. The van der Waals surface area contributed by atoms with E-state index in [2.05, 4.69) is 12.8 Å². The van der Waals surface area contributed by atoms with E-state index in [1.54, 1.807) is 0 Å². The lowest BCUT2D eigenvalue weighted by Gasteiger charge is -2.56. The first-order chi connectivity index (χ1) is 10.5. The molecule has 4 aliphatic rings. The summed E-state index contributed by atoms with van der Waals surface area (Å²) in [6, 6.07) is 0. The van der Waals surface area contributed by atoms with E-state index >= 15 is 0 Å². The Morgan fingerprint density at radius 2 is 1.91 bits per heavy atom. The van der Waals surface area contributed by atoms with Gasteiger partial charge in [-0.25, -0.2) is 0 Å². The molecule has 0 aromatic carbocycles. The highest BCUT2D eigenvalue weighted by atomic mass is 16.3. The molecular weight excluding hydrogens is 272 g/mol. The van der Waals surface area contributed by atoms with Crippen molar-refractivity contribution in [2.24, 2.45) is 35.0 Å². The van der Waals surface area contributed by atoms with Crippen molar-refractivity contribution in [1.29, 1.82) is 0 Å². The minimum Gasteiger partial charge on any atom is -0.377 e. The van der Waals surface area contributed by atoms with E-state index in [-0.39, 0.29) is 5.41 Å². The van der Waals surface area contributed by atoms with Crippen molar-refractivity contribution < 1.29 is 9.90 Å². The molecule has 0 spiro atoms. The Kier molecular flexibility index (Phi) is 3.25. The smallest absolute Gasteiger partial charge is 0.133 e. The van der Waals surface area contributed by atoms with Crippen molar-refractivity contribution in [2.75, 3.05) is 0 Å². The van der Waals surface area contributed by atoms with E-state index in [1.807, 2.05) is 0 Å². The molecule has 0 bridgehead atoms. The summed E-state index contributed by atoms with van der Waals surface area (Å²) in [5.41, 5.74) is -0.970. The summed E-state index contributed by atoms with van der Waals surface area (Å²) in [7, 11) is 0. The maximum absolute atomic E-state index is 11.8. The highest BCUT2D eigenvalue weighted by Crippen LogP contribution is 2.65. The van der Waals surface area contributed by atoms with Crippen LogP contribution in [-0.4, -0.2) is 16.5 Å². The molecule has 1 N–H and O–H groups in total. The van der Waals surface area contributed by atoms with E-state index in [9.17, 15) is 9.90 Å². The fraction of sp³-hybridized carbons (Fsp3) is 0.850. The monoisotopic (exact) mass is 300 g/mol. The highest BCUT2D eigenvalue weighted by molar-refractivity contribution is 5.79. The number of fused-ring (bicyclic) bond motifs is 5. The van der Waals surface area contributed by atoms with Crippen molar-refractivity contribution in [3.05, 3.63) is 0 Å². The third kappa shape index (κ3) is 1.81. The van der Waals surface area contributed by atoms with Gasteiger partial charge in [-0.2, -0.15) is 0 Å². The Bertz CT molecular complexity index is 532. The predicted octanol–water partition coefficient (Wildman–Crippen LogP) is 3.57. The minimum absolute atomic E-state index is 0.0831. The summed E-state index contributed by atoms with van der Waals surface area (Å²) < 4.78 is 0. The van der Waals surface area contributed by atoms with Gasteiger partial charge in [0.25, 0.3) is 0 Å². The number of carbonyl (C=O) groups excluding carboxylic acids is 1. The van der Waals surface area contributed by atoms with Crippen LogP contribution in [0.5, 0.6) is 0 Å². The second-order valence-electron chi connectivity index (χ2n) is 8.72. The summed E-state index contributed by atoms with van der Waals surface area (Å²) in [5.74, 6) is 6.76. The third-order valence-corrected chi connectivity index (χ3v) is 8.16. The van der Waals surface area contributed by atoms with Crippen LogP contribution in [0, 0.1) is 47.3 Å². The molecule has 0 aliphatic heterocycles. The number of carbonyl (C=O) groups is 1. The lowest BCUT2D eigenvalue weighted by atomic mass is 9.49. The zero-order chi connectivity index (χ0) is 15.5. The largest absolute Gasteiger partial charge is 0.377 e. The summed E-state index contributed by atoms with van der Waals surface area (Å²) in [6.45, 7) is 2.25. The fourth-order valence-electron chi connectivity index (χ4n) is 6.91. The van der Waals surface area contributed by atoms with Crippen LogP contribution in [0.2, 0.25) is 0 Å². The van der Waals surface area contributed by atoms with Crippen molar-refractivity contribution >= 4 is 5.78 Å². The molecule has 0 heterocycles. The summed E-state index contributed by atoms with van der Waals surface area (Å²) in [5, 5.41) is 10.9. The Balaban J connectivity index is 1.61. The van der Waals surface area contributed by atoms with Crippen LogP contribution < -0.4 is 0 Å². The second kappa shape index (κ2) is 4.84. The van der Waals surface area contributed by atoms with E-state index in [0.29, 0.717) is 17.6 Å². The van der Waals surface area contributed by atoms with Crippen LogP contribution in [-0.2, 0) is 4.79 Å². The van der Waals surface area contributed by atoms with Gasteiger partial charge in [0.15, 0.2) is 0 Å². The summed E-state index contributed by atoms with van der Waals surface area (Å²) in [4.78, 5) is 11.8. The maximum Gasteiger partial charge on any atom is 0.133 e.